The summed E-state index contributed by atoms with van der Waals surface area (Å²) in [6, 6.07) is 6.40. The Morgan fingerprint density at radius 3 is 2.36 bits per heavy atom. The van der Waals surface area contributed by atoms with Crippen LogP contribution in [0.25, 0.3) is 0 Å². The second-order valence-electron chi connectivity index (χ2n) is 4.38. The quantitative estimate of drug-likeness (QED) is 0.617. The Bertz CT molecular complexity index is 500. The molecule has 0 aliphatic rings. The number of amides is 1. The van der Waals surface area contributed by atoms with E-state index in [0.717, 1.165) is 5.56 Å². The smallest absolute Gasteiger partial charge is 0.411 e. The zero-order chi connectivity index (χ0) is 16.6. The highest BCUT2D eigenvalue weighted by atomic mass is 19.4. The number of hydrogen-bond donors (Lipinski definition) is 1. The van der Waals surface area contributed by atoms with Crippen molar-refractivity contribution >= 4 is 11.9 Å². The molecule has 0 atom stereocenters. The molecule has 0 heterocycles. The molecule has 0 unspecified atom stereocenters. The molecule has 1 amide bonds. The van der Waals surface area contributed by atoms with E-state index < -0.39 is 24.7 Å². The Morgan fingerprint density at radius 1 is 1.18 bits per heavy atom. The summed E-state index contributed by atoms with van der Waals surface area (Å²) in [4.78, 5) is 22.6. The van der Waals surface area contributed by atoms with Gasteiger partial charge in [0, 0.05) is 13.0 Å². The second-order valence-corrected chi connectivity index (χ2v) is 4.38. The van der Waals surface area contributed by atoms with Gasteiger partial charge >= 0.3 is 12.1 Å². The Hall–Kier alpha value is -2.09. The summed E-state index contributed by atoms with van der Waals surface area (Å²) in [5, 5.41) is 2.54. The van der Waals surface area contributed by atoms with E-state index in [-0.39, 0.29) is 19.6 Å². The monoisotopic (exact) mass is 319 g/mol. The number of hydrogen-bond acceptors (Lipinski definition) is 4. The highest BCUT2D eigenvalue weighted by Gasteiger charge is 2.27. The molecule has 0 aromatic heterocycles. The molecule has 22 heavy (non-hydrogen) atoms. The van der Waals surface area contributed by atoms with Gasteiger partial charge in [0.15, 0.2) is 0 Å². The highest BCUT2D eigenvalue weighted by Crippen LogP contribution is 2.14. The fourth-order valence-electron chi connectivity index (χ4n) is 1.52. The molecule has 1 N–H and O–H groups in total. The molecule has 122 valence electrons. The molecular weight excluding hydrogens is 303 g/mol. The predicted octanol–water partition coefficient (Wildman–Crippen LogP) is 2.06. The van der Waals surface area contributed by atoms with Crippen LogP contribution in [0.4, 0.5) is 13.2 Å². The van der Waals surface area contributed by atoms with Crippen LogP contribution in [-0.4, -0.2) is 38.4 Å². The van der Waals surface area contributed by atoms with Gasteiger partial charge in [0.25, 0.3) is 0 Å². The van der Waals surface area contributed by atoms with Gasteiger partial charge in [-0.1, -0.05) is 12.1 Å². The Kier molecular flexibility index (Phi) is 6.84. The lowest BCUT2D eigenvalue weighted by Crippen LogP contribution is -2.25. The zero-order valence-corrected chi connectivity index (χ0v) is 11.9. The van der Waals surface area contributed by atoms with E-state index >= 15 is 0 Å². The number of halogens is 3. The molecule has 0 saturated carbocycles. The van der Waals surface area contributed by atoms with Crippen LogP contribution in [0.15, 0.2) is 24.3 Å². The van der Waals surface area contributed by atoms with Gasteiger partial charge in [-0.3, -0.25) is 4.79 Å². The molecule has 0 saturated heterocycles. The number of nitrogens with one attached hydrogen (secondary N) is 1. The number of ether oxygens (including phenoxy) is 2. The van der Waals surface area contributed by atoms with Crippen molar-refractivity contribution in [1.29, 1.82) is 0 Å². The summed E-state index contributed by atoms with van der Waals surface area (Å²) in [5.74, 6) is -0.878. The third-order valence-corrected chi connectivity index (χ3v) is 2.60. The van der Waals surface area contributed by atoms with E-state index in [1.165, 1.54) is 7.11 Å². The maximum absolute atomic E-state index is 11.8. The Labute approximate surface area is 125 Å². The van der Waals surface area contributed by atoms with Gasteiger partial charge in [0.05, 0.1) is 19.3 Å². The van der Waals surface area contributed by atoms with Crippen molar-refractivity contribution < 1.29 is 32.2 Å². The summed E-state index contributed by atoms with van der Waals surface area (Å²) >= 11 is 0. The minimum Gasteiger partial charge on any atom is -0.465 e. The van der Waals surface area contributed by atoms with Gasteiger partial charge in [-0.05, 0) is 17.7 Å². The first-order valence-corrected chi connectivity index (χ1v) is 6.40. The van der Waals surface area contributed by atoms with Crippen molar-refractivity contribution in [1.82, 2.24) is 5.32 Å². The molecule has 1 aromatic rings. The van der Waals surface area contributed by atoms with Gasteiger partial charge in [-0.2, -0.15) is 13.2 Å². The number of carbonyl (C=O) groups excluding carboxylic acids is 2. The summed E-state index contributed by atoms with van der Waals surface area (Å²) in [6.45, 7) is -1.46. The van der Waals surface area contributed by atoms with E-state index in [9.17, 15) is 22.8 Å². The first-order chi connectivity index (χ1) is 10.3. The van der Waals surface area contributed by atoms with Crippen LogP contribution in [-0.2, 0) is 20.8 Å². The molecule has 0 radical (unpaired) electrons. The summed E-state index contributed by atoms with van der Waals surface area (Å²) < 4.78 is 44.3. The molecule has 1 aromatic carbocycles. The number of benzene rings is 1. The lowest BCUT2D eigenvalue weighted by molar-refractivity contribution is -0.174. The molecule has 0 spiro atoms. The third kappa shape index (κ3) is 7.07. The molecule has 0 bridgehead atoms. The summed E-state index contributed by atoms with van der Waals surface area (Å²) in [6.07, 6.45) is -4.55. The number of rotatable bonds is 7. The minimum atomic E-state index is -4.39. The van der Waals surface area contributed by atoms with Crippen molar-refractivity contribution in [3.8, 4) is 0 Å². The number of methoxy groups -OCH3 is 1. The van der Waals surface area contributed by atoms with Crippen LogP contribution >= 0.6 is 0 Å². The van der Waals surface area contributed by atoms with Crippen LogP contribution < -0.4 is 5.32 Å². The van der Waals surface area contributed by atoms with Crippen LogP contribution in [0, 0.1) is 0 Å². The molecule has 0 aliphatic heterocycles. The molecule has 1 rings (SSSR count). The maximum atomic E-state index is 11.8. The topological polar surface area (TPSA) is 64.6 Å². The second kappa shape index (κ2) is 8.38. The fourth-order valence-corrected chi connectivity index (χ4v) is 1.52. The van der Waals surface area contributed by atoms with Gasteiger partial charge in [0.1, 0.15) is 6.61 Å². The fraction of sp³-hybridized carbons (Fsp3) is 0.429. The Balaban J connectivity index is 2.28. The van der Waals surface area contributed by atoms with Gasteiger partial charge < -0.3 is 14.8 Å². The maximum Gasteiger partial charge on any atom is 0.411 e. The molecule has 5 nitrogen and oxygen atoms in total. The van der Waals surface area contributed by atoms with Crippen LogP contribution in [0.1, 0.15) is 22.3 Å². The van der Waals surface area contributed by atoms with Crippen LogP contribution in [0.5, 0.6) is 0 Å². The van der Waals surface area contributed by atoms with Gasteiger partial charge in [-0.25, -0.2) is 4.79 Å². The van der Waals surface area contributed by atoms with Gasteiger partial charge in [-0.15, -0.1) is 0 Å². The third-order valence-electron chi connectivity index (χ3n) is 2.60. The van der Waals surface area contributed by atoms with E-state index in [1.807, 2.05) is 0 Å². The number of carbonyl (C=O) groups is 2. The lowest BCUT2D eigenvalue weighted by Gasteiger charge is -2.08. The van der Waals surface area contributed by atoms with Crippen molar-refractivity contribution in [3.63, 3.8) is 0 Å². The largest absolute Gasteiger partial charge is 0.465 e. The van der Waals surface area contributed by atoms with Gasteiger partial charge in [0.2, 0.25) is 5.91 Å². The normalized spacial score (nSPS) is 11.1. The molecule has 8 heteroatoms. The van der Waals surface area contributed by atoms with E-state index in [4.69, 9.17) is 0 Å². The number of esters is 1. The average molecular weight is 319 g/mol. The van der Waals surface area contributed by atoms with Crippen molar-refractivity contribution in [2.45, 2.75) is 19.1 Å². The highest BCUT2D eigenvalue weighted by molar-refractivity contribution is 5.89. The number of alkyl halides is 3. The standard InChI is InChI=1S/C14H16F3NO4/c1-21-13(20)11-4-2-10(3-5-11)8-18-12(19)6-7-22-9-14(15,16)17/h2-5H,6-9H2,1H3,(H,18,19). The molecule has 0 aliphatic carbocycles. The van der Waals surface area contributed by atoms with Crippen molar-refractivity contribution in [2.24, 2.45) is 0 Å². The van der Waals surface area contributed by atoms with E-state index in [1.54, 1.807) is 24.3 Å². The van der Waals surface area contributed by atoms with E-state index in [2.05, 4.69) is 14.8 Å². The first kappa shape index (κ1) is 18.0. The minimum absolute atomic E-state index is 0.156. The van der Waals surface area contributed by atoms with E-state index in [0.29, 0.717) is 5.56 Å². The SMILES string of the molecule is COC(=O)c1ccc(CNC(=O)CCOCC(F)(F)F)cc1. The van der Waals surface area contributed by atoms with Crippen LogP contribution in [0.2, 0.25) is 0 Å². The van der Waals surface area contributed by atoms with Crippen molar-refractivity contribution in [2.75, 3.05) is 20.3 Å². The molecular formula is C14H16F3NO4. The van der Waals surface area contributed by atoms with Crippen molar-refractivity contribution in [3.05, 3.63) is 35.4 Å². The van der Waals surface area contributed by atoms with Crippen LogP contribution in [0.3, 0.4) is 0 Å². The predicted molar refractivity (Wildman–Crippen MR) is 71.1 cm³/mol. The average Bonchev–Trinajstić information content (AvgIpc) is 2.48. The lowest BCUT2D eigenvalue weighted by atomic mass is 10.1. The summed E-state index contributed by atoms with van der Waals surface area (Å²) in [7, 11) is 1.28. The zero-order valence-electron chi connectivity index (χ0n) is 11.9. The molecule has 0 fully saturated rings. The Morgan fingerprint density at radius 2 is 1.82 bits per heavy atom. The first-order valence-electron chi connectivity index (χ1n) is 6.40. The summed E-state index contributed by atoms with van der Waals surface area (Å²) in [5.41, 5.74) is 1.13.